The highest BCUT2D eigenvalue weighted by Gasteiger charge is 2.08. The fourth-order valence-corrected chi connectivity index (χ4v) is 1.55. The van der Waals surface area contributed by atoms with Crippen molar-refractivity contribution in [3.8, 4) is 6.01 Å². The van der Waals surface area contributed by atoms with E-state index in [0.717, 1.165) is 12.1 Å². The van der Waals surface area contributed by atoms with Gasteiger partial charge in [0.2, 0.25) is 0 Å². The predicted octanol–water partition coefficient (Wildman–Crippen LogP) is 1.80. The number of hydrogen-bond donors (Lipinski definition) is 0. The van der Waals surface area contributed by atoms with Gasteiger partial charge in [-0.05, 0) is 12.7 Å². The Balaban J connectivity index is 2.32. The van der Waals surface area contributed by atoms with E-state index in [1.165, 1.54) is 11.8 Å². The second-order valence-electron chi connectivity index (χ2n) is 3.02. The minimum atomic E-state index is 0.473. The normalized spacial score (nSPS) is 10.6. The van der Waals surface area contributed by atoms with Gasteiger partial charge in [-0.2, -0.15) is 14.6 Å². The Morgan fingerprint density at radius 3 is 3.19 bits per heavy atom. The molecule has 5 nitrogen and oxygen atoms in total. The van der Waals surface area contributed by atoms with Gasteiger partial charge in [0.25, 0.3) is 0 Å². The van der Waals surface area contributed by atoms with E-state index in [1.807, 2.05) is 12.3 Å². The van der Waals surface area contributed by atoms with E-state index in [2.05, 4.69) is 21.6 Å². The fourth-order valence-electron chi connectivity index (χ4n) is 1.20. The number of fused-ring (bicyclic) bond motifs is 1. The van der Waals surface area contributed by atoms with Crippen LogP contribution in [0.3, 0.4) is 0 Å². The first-order chi connectivity index (χ1) is 7.85. The summed E-state index contributed by atoms with van der Waals surface area (Å²) in [5.74, 6) is 0. The van der Waals surface area contributed by atoms with Crippen LogP contribution in [0, 0.1) is 0 Å². The first-order valence-electron chi connectivity index (χ1n) is 4.84. The molecule has 2 rings (SSSR count). The maximum atomic E-state index is 5.53. The van der Waals surface area contributed by atoms with Crippen LogP contribution in [0.4, 0.5) is 0 Å². The van der Waals surface area contributed by atoms with Gasteiger partial charge in [0.1, 0.15) is 0 Å². The lowest BCUT2D eigenvalue weighted by Crippen LogP contribution is -2.06. The molecular weight excluding hydrogens is 224 g/mol. The third-order valence-corrected chi connectivity index (χ3v) is 2.49. The maximum absolute atomic E-state index is 5.53. The van der Waals surface area contributed by atoms with Crippen LogP contribution < -0.4 is 4.74 Å². The molecule has 0 spiro atoms. The summed E-state index contributed by atoms with van der Waals surface area (Å²) in [6, 6.07) is 2.29. The molecule has 16 heavy (non-hydrogen) atoms. The van der Waals surface area contributed by atoms with Crippen molar-refractivity contribution in [3.05, 3.63) is 24.9 Å². The molecule has 2 heterocycles. The summed E-state index contributed by atoms with van der Waals surface area (Å²) in [5, 5.41) is 4.79. The van der Waals surface area contributed by atoms with E-state index in [0.29, 0.717) is 17.8 Å². The summed E-state index contributed by atoms with van der Waals surface area (Å²) in [4.78, 5) is 8.55. The van der Waals surface area contributed by atoms with Gasteiger partial charge in [0, 0.05) is 6.07 Å². The zero-order valence-corrected chi connectivity index (χ0v) is 9.78. The summed E-state index contributed by atoms with van der Waals surface area (Å²) in [7, 11) is 0. The molecule has 2 aromatic heterocycles. The van der Waals surface area contributed by atoms with Crippen LogP contribution in [0.1, 0.15) is 6.42 Å². The smallest absolute Gasteiger partial charge is 0.322 e. The summed E-state index contributed by atoms with van der Waals surface area (Å²) < 4.78 is 7.11. The van der Waals surface area contributed by atoms with Gasteiger partial charge in [0.15, 0.2) is 10.8 Å². The van der Waals surface area contributed by atoms with Crippen LogP contribution in [0.5, 0.6) is 6.01 Å². The lowest BCUT2D eigenvalue weighted by atomic mass is 10.5. The molecule has 0 saturated heterocycles. The molecule has 84 valence electrons. The Labute approximate surface area is 97.5 Å². The molecule has 0 aromatic carbocycles. The first-order valence-corrected chi connectivity index (χ1v) is 6.07. The van der Waals surface area contributed by atoms with Crippen molar-refractivity contribution >= 4 is 17.4 Å². The van der Waals surface area contributed by atoms with E-state index >= 15 is 0 Å². The van der Waals surface area contributed by atoms with E-state index < -0.39 is 0 Å². The topological polar surface area (TPSA) is 52.3 Å². The first kappa shape index (κ1) is 10.9. The van der Waals surface area contributed by atoms with Gasteiger partial charge in [-0.3, -0.25) is 0 Å². The quantitative estimate of drug-likeness (QED) is 0.450. The van der Waals surface area contributed by atoms with E-state index in [-0.39, 0.29) is 0 Å². The Bertz CT molecular complexity index is 497. The summed E-state index contributed by atoms with van der Waals surface area (Å²) >= 11 is 1.48. The van der Waals surface area contributed by atoms with Crippen molar-refractivity contribution in [3.63, 3.8) is 0 Å². The lowest BCUT2D eigenvalue weighted by molar-refractivity contribution is 0.286. The van der Waals surface area contributed by atoms with Crippen LogP contribution >= 0.6 is 11.8 Å². The molecule has 0 N–H and O–H groups in total. The molecule has 0 aliphatic rings. The van der Waals surface area contributed by atoms with Crippen molar-refractivity contribution in [1.82, 2.24) is 19.6 Å². The highest BCUT2D eigenvalue weighted by Crippen LogP contribution is 2.16. The Hall–Kier alpha value is -1.56. The lowest BCUT2D eigenvalue weighted by Gasteiger charge is -2.06. The van der Waals surface area contributed by atoms with Gasteiger partial charge in [-0.25, -0.2) is 4.98 Å². The monoisotopic (exact) mass is 236 g/mol. The number of thioether (sulfide) groups is 1. The van der Waals surface area contributed by atoms with E-state index in [4.69, 9.17) is 4.74 Å². The molecule has 0 saturated carbocycles. The van der Waals surface area contributed by atoms with Crippen LogP contribution in [0.2, 0.25) is 0 Å². The van der Waals surface area contributed by atoms with Crippen molar-refractivity contribution in [2.75, 3.05) is 12.9 Å². The zero-order chi connectivity index (χ0) is 11.4. The largest absolute Gasteiger partial charge is 0.463 e. The van der Waals surface area contributed by atoms with Gasteiger partial charge in [-0.15, -0.1) is 6.58 Å². The van der Waals surface area contributed by atoms with E-state index in [9.17, 15) is 0 Å². The van der Waals surface area contributed by atoms with Crippen LogP contribution in [0.25, 0.3) is 5.65 Å². The molecule has 2 aromatic rings. The van der Waals surface area contributed by atoms with Crippen molar-refractivity contribution in [2.24, 2.45) is 0 Å². The summed E-state index contributed by atoms with van der Waals surface area (Å²) in [6.07, 6.45) is 6.18. The highest BCUT2D eigenvalue weighted by molar-refractivity contribution is 7.98. The highest BCUT2D eigenvalue weighted by atomic mass is 32.2. The fraction of sp³-hybridized carbons (Fsp3) is 0.300. The zero-order valence-electron chi connectivity index (χ0n) is 8.96. The molecule has 0 aliphatic carbocycles. The van der Waals surface area contributed by atoms with Gasteiger partial charge >= 0.3 is 6.01 Å². The predicted molar refractivity (Wildman–Crippen MR) is 62.9 cm³/mol. The number of rotatable bonds is 5. The third kappa shape index (κ3) is 2.16. The summed E-state index contributed by atoms with van der Waals surface area (Å²) in [6.45, 7) is 4.18. The Morgan fingerprint density at radius 1 is 1.56 bits per heavy atom. The van der Waals surface area contributed by atoms with Crippen molar-refractivity contribution < 1.29 is 4.74 Å². The summed E-state index contributed by atoms with van der Waals surface area (Å²) in [5.41, 5.74) is 0.743. The van der Waals surface area contributed by atoms with Crippen molar-refractivity contribution in [1.29, 1.82) is 0 Å². The Kier molecular flexibility index (Phi) is 3.40. The molecule has 0 aliphatic heterocycles. The van der Waals surface area contributed by atoms with E-state index in [1.54, 1.807) is 16.8 Å². The Morgan fingerprint density at radius 2 is 2.44 bits per heavy atom. The molecule has 0 amide bonds. The molecule has 0 atom stereocenters. The average molecular weight is 236 g/mol. The van der Waals surface area contributed by atoms with Crippen LogP contribution in [-0.4, -0.2) is 32.4 Å². The number of hydrogen-bond acceptors (Lipinski definition) is 5. The molecular formula is C10H12N4OS. The van der Waals surface area contributed by atoms with Gasteiger partial charge in [0.05, 0.1) is 12.8 Å². The molecule has 0 radical (unpaired) electrons. The second kappa shape index (κ2) is 4.98. The van der Waals surface area contributed by atoms with Gasteiger partial charge in [-0.1, -0.05) is 17.8 Å². The molecule has 0 unspecified atom stereocenters. The van der Waals surface area contributed by atoms with Crippen molar-refractivity contribution in [2.45, 2.75) is 11.6 Å². The molecule has 0 bridgehead atoms. The minimum absolute atomic E-state index is 0.473. The number of ether oxygens (including phenoxy) is 1. The van der Waals surface area contributed by atoms with Crippen LogP contribution in [0.15, 0.2) is 30.1 Å². The average Bonchev–Trinajstić information content (AvgIpc) is 2.77. The minimum Gasteiger partial charge on any atom is -0.463 e. The second-order valence-corrected chi connectivity index (χ2v) is 3.79. The third-order valence-electron chi connectivity index (χ3n) is 1.94. The standard InChI is InChI=1S/C10H12N4OS/c1-3-4-7-15-10-13-9(16-2)12-8-5-6-11-14(8)10/h3,5-6H,1,4,7H2,2H3. The van der Waals surface area contributed by atoms with Crippen LogP contribution in [-0.2, 0) is 0 Å². The number of aromatic nitrogens is 4. The maximum Gasteiger partial charge on any atom is 0.322 e. The molecule has 6 heteroatoms. The molecule has 0 fully saturated rings. The van der Waals surface area contributed by atoms with Gasteiger partial charge < -0.3 is 4.74 Å². The number of nitrogens with zero attached hydrogens (tertiary/aromatic N) is 4. The SMILES string of the molecule is C=CCCOc1nc(SC)nc2ccnn12.